The number of rotatable bonds is 16. The second kappa shape index (κ2) is 39.6. The summed E-state index contributed by atoms with van der Waals surface area (Å²) >= 11 is 0.129. The summed E-state index contributed by atoms with van der Waals surface area (Å²) in [5, 5.41) is 15.3. The summed E-state index contributed by atoms with van der Waals surface area (Å²) in [5.41, 5.74) is 2.11. The van der Waals surface area contributed by atoms with E-state index >= 15 is 0 Å². The molecule has 0 N–H and O–H groups in total. The summed E-state index contributed by atoms with van der Waals surface area (Å²) in [4.78, 5) is 0. The molecule has 0 bridgehead atoms. The molecule has 0 atom stereocenters. The molecule has 0 unspecified atom stereocenters. The number of hydrogen-bond donors (Lipinski definition) is 0. The average molecular weight is 1590 g/mol. The average Bonchev–Trinajstić information content (AvgIpc) is 1.04. The third-order valence-corrected chi connectivity index (χ3v) is 25.2. The SMILES string of the molecule is [Cu+].[Cu+].[O-][Cl+3]([O-])([O-])[O-].[O-][Cl+3]([O-])([O-])[O-].c1ccc(P(c2ccccc2)c2ccccc2Oc2ccccc2P(c2ccccc2)c2ccccc2)cc1.c1ccc(P(c2ccccc2)c2ccccc2Oc2ccccc2P(c2ccccc2)c2ccccc2)cc1.c1ccc2n[se]nc2c1. The van der Waals surface area contributed by atoms with Crippen LogP contribution in [-0.4, -0.2) is 22.9 Å². The molecule has 12 nitrogen and oxygen atoms in total. The van der Waals surface area contributed by atoms with Gasteiger partial charge in [-0.2, -0.15) is 0 Å². The first-order valence-electron chi connectivity index (χ1n) is 30.0. The van der Waals surface area contributed by atoms with Crippen LogP contribution in [0.4, 0.5) is 0 Å². The summed E-state index contributed by atoms with van der Waals surface area (Å²) in [6.07, 6.45) is 0. The number of aromatic nitrogens is 2. The quantitative estimate of drug-likeness (QED) is 0.0903. The van der Waals surface area contributed by atoms with Crippen LogP contribution in [0, 0.1) is 20.5 Å². The molecule has 0 spiro atoms. The minimum atomic E-state index is -4.94. The fourth-order valence-electron chi connectivity index (χ4n) is 10.2. The predicted octanol–water partition coefficient (Wildman–Crippen LogP) is 5.16. The van der Waals surface area contributed by atoms with Gasteiger partial charge in [-0.05, 0) is 98.4 Å². The Labute approximate surface area is 612 Å². The predicted molar refractivity (Wildman–Crippen MR) is 377 cm³/mol. The third-order valence-electron chi connectivity index (χ3n) is 14.1. The molecule has 0 radical (unpaired) electrons. The number of ether oxygens (including phenoxy) is 2. The van der Waals surface area contributed by atoms with Crippen molar-refractivity contribution in [3.05, 3.63) is 364 Å². The molecule has 0 fully saturated rings. The Hall–Kier alpha value is -7.40. The van der Waals surface area contributed by atoms with Gasteiger partial charge in [0.15, 0.2) is 0 Å². The topological polar surface area (TPSA) is 229 Å². The van der Waals surface area contributed by atoms with E-state index in [1.807, 2.05) is 24.3 Å². The van der Waals surface area contributed by atoms with E-state index < -0.39 is 52.2 Å². The van der Waals surface area contributed by atoms with E-state index in [-0.39, 0.29) is 49.1 Å². The molecule has 14 aromatic rings. The summed E-state index contributed by atoms with van der Waals surface area (Å²) in [7, 11) is -13.1. The van der Waals surface area contributed by atoms with Gasteiger partial charge in [0.25, 0.3) is 0 Å². The molecular formula is C78H60Cl2Cu2N2O10P4Se. The number of fused-ring (bicyclic) bond motifs is 1. The molecule has 14 rings (SSSR count). The van der Waals surface area contributed by atoms with E-state index in [1.54, 1.807) is 0 Å². The van der Waals surface area contributed by atoms with Gasteiger partial charge in [-0.3, -0.25) is 0 Å². The van der Waals surface area contributed by atoms with Gasteiger partial charge in [-0.1, -0.05) is 315 Å². The monoisotopic (exact) mass is 1580 g/mol. The fraction of sp³-hybridized carbons (Fsp3) is 0. The third kappa shape index (κ3) is 23.6. The summed E-state index contributed by atoms with van der Waals surface area (Å²) < 4.78 is 90.2. The first-order valence-corrected chi connectivity index (χ1v) is 39.3. The van der Waals surface area contributed by atoms with E-state index in [0.717, 1.165) is 34.0 Å². The molecule has 13 aromatic carbocycles. The number of benzene rings is 13. The molecule has 0 aliphatic heterocycles. The molecule has 1 heterocycles. The van der Waals surface area contributed by atoms with E-state index in [1.165, 1.54) is 63.7 Å². The van der Waals surface area contributed by atoms with Crippen LogP contribution in [0.5, 0.6) is 23.0 Å². The van der Waals surface area contributed by atoms with Gasteiger partial charge in [0, 0.05) is 21.2 Å². The standard InChI is InChI=1S/2C36H28OP2.C6H4N2Se.2ClHO4.2Cu/c2*1-5-17-29(18-6-1)38(30-19-7-2-8-20-30)35-27-15-13-25-33(35)37-34-26-14-16-28-36(34)39(31-21-9-3-10-22-31)32-23-11-4-12-24-32;1-2-4-6-5(3-1)7-9-8-6;2*2-1(3,4)5;;/h2*1-28H;1-4H;2*(H,2,3,4,5);;/q;;;;;2*+1/p-2. The summed E-state index contributed by atoms with van der Waals surface area (Å²) in [6, 6.07) is 128. The molecular weight excluding hydrogens is 1530 g/mol. The van der Waals surface area contributed by atoms with Crippen LogP contribution >= 0.6 is 31.7 Å². The minimum absolute atomic E-state index is 0. The van der Waals surface area contributed by atoms with Crippen molar-refractivity contribution >= 4 is 121 Å². The Morgan fingerprint density at radius 1 is 0.212 bits per heavy atom. The Kier molecular flexibility index (Phi) is 30.9. The Morgan fingerprint density at radius 3 is 0.525 bits per heavy atom. The van der Waals surface area contributed by atoms with E-state index in [0.29, 0.717) is 0 Å². The molecule has 0 aliphatic rings. The van der Waals surface area contributed by atoms with E-state index in [2.05, 4.69) is 348 Å². The second-order valence-electron chi connectivity index (χ2n) is 20.6. The Morgan fingerprint density at radius 2 is 0.354 bits per heavy atom. The Bertz CT molecular complexity index is 3930. The molecule has 504 valence electrons. The van der Waals surface area contributed by atoms with Gasteiger partial charge in [0.1, 0.15) is 23.0 Å². The van der Waals surface area contributed by atoms with Crippen molar-refractivity contribution in [2.45, 2.75) is 0 Å². The van der Waals surface area contributed by atoms with Crippen LogP contribution in [0.25, 0.3) is 11.0 Å². The van der Waals surface area contributed by atoms with Crippen molar-refractivity contribution in [1.29, 1.82) is 0 Å². The molecule has 0 saturated carbocycles. The van der Waals surface area contributed by atoms with Crippen LogP contribution in [0.3, 0.4) is 0 Å². The van der Waals surface area contributed by atoms with Crippen LogP contribution in [0.15, 0.2) is 364 Å². The van der Waals surface area contributed by atoms with Gasteiger partial charge >= 0.3 is 92.4 Å². The van der Waals surface area contributed by atoms with Crippen LogP contribution in [0.1, 0.15) is 0 Å². The molecule has 21 heteroatoms. The van der Waals surface area contributed by atoms with Crippen LogP contribution in [0.2, 0.25) is 0 Å². The van der Waals surface area contributed by atoms with Crippen molar-refractivity contribution in [3.8, 4) is 23.0 Å². The van der Waals surface area contributed by atoms with Gasteiger partial charge in [0.05, 0.1) is 0 Å². The summed E-state index contributed by atoms with van der Waals surface area (Å²) in [5.74, 6) is 3.61. The maximum absolute atomic E-state index is 8.49. The summed E-state index contributed by atoms with van der Waals surface area (Å²) in [6.45, 7) is 0. The van der Waals surface area contributed by atoms with E-state index in [4.69, 9.17) is 46.7 Å². The van der Waals surface area contributed by atoms with Crippen molar-refractivity contribution in [2.24, 2.45) is 0 Å². The zero-order valence-corrected chi connectivity index (χ0v) is 60.9. The Balaban J connectivity index is 0.000000196. The van der Waals surface area contributed by atoms with E-state index in [9.17, 15) is 0 Å². The van der Waals surface area contributed by atoms with Gasteiger partial charge < -0.3 is 9.47 Å². The van der Waals surface area contributed by atoms with Crippen LogP contribution < -0.4 is 110 Å². The van der Waals surface area contributed by atoms with Gasteiger partial charge in [0.2, 0.25) is 0 Å². The zero-order valence-electron chi connectivity index (χ0n) is 52.2. The number of nitrogens with zero attached hydrogens (tertiary/aromatic N) is 2. The first kappa shape index (κ1) is 77.3. The zero-order chi connectivity index (χ0) is 67.7. The second-order valence-corrected chi connectivity index (χ2v) is 32.0. The normalized spacial score (nSPS) is 10.8. The molecule has 99 heavy (non-hydrogen) atoms. The number of para-hydroxylation sites is 4. The van der Waals surface area contributed by atoms with Crippen LogP contribution in [-0.2, 0) is 34.1 Å². The maximum atomic E-state index is 8.49. The van der Waals surface area contributed by atoms with Crippen molar-refractivity contribution in [2.75, 3.05) is 0 Å². The number of halogens is 2. The molecule has 1 aromatic heterocycles. The van der Waals surface area contributed by atoms with Gasteiger partial charge in [-0.15, -0.1) is 20.5 Å². The van der Waals surface area contributed by atoms with Crippen molar-refractivity contribution in [1.82, 2.24) is 7.96 Å². The fourth-order valence-corrected chi connectivity index (χ4v) is 20.8. The van der Waals surface area contributed by atoms with Gasteiger partial charge in [-0.25, -0.2) is 37.3 Å². The molecule has 0 amide bonds. The molecule has 0 saturated heterocycles. The number of hydrogen-bond acceptors (Lipinski definition) is 12. The first-order chi connectivity index (χ1) is 47.2. The molecule has 0 aliphatic carbocycles. The van der Waals surface area contributed by atoms with Crippen molar-refractivity contribution in [3.63, 3.8) is 0 Å². The van der Waals surface area contributed by atoms with Crippen molar-refractivity contribution < 1.29 is 101 Å².